The lowest BCUT2D eigenvalue weighted by atomic mass is 10.6. The van der Waals surface area contributed by atoms with Gasteiger partial charge in [-0.3, -0.25) is 4.79 Å². The smallest absolute Gasteiger partial charge is 0.305 e. The van der Waals surface area contributed by atoms with Crippen molar-refractivity contribution in [2.45, 2.75) is 0 Å². The predicted octanol–water partition coefficient (Wildman–Crippen LogP) is -1.07. The van der Waals surface area contributed by atoms with Gasteiger partial charge in [0.25, 0.3) is 5.91 Å². The Morgan fingerprint density at radius 2 is 2.57 bits per heavy atom. The Bertz CT molecular complexity index is 150. The molecular formula is C3H3N3O. The van der Waals surface area contributed by atoms with E-state index in [2.05, 4.69) is 10.5 Å². The fourth-order valence-corrected chi connectivity index (χ4v) is 0.0925. The van der Waals surface area contributed by atoms with E-state index in [1.165, 1.54) is 0 Å². The van der Waals surface area contributed by atoms with Crippen molar-refractivity contribution < 1.29 is 9.58 Å². The minimum atomic E-state index is -0.683. The molecule has 0 bridgehead atoms. The first kappa shape index (κ1) is 5.63. The summed E-state index contributed by atoms with van der Waals surface area (Å²) in [5.74, 6) is 1.15. The van der Waals surface area contributed by atoms with Crippen LogP contribution in [-0.4, -0.2) is 16.6 Å². The molecule has 1 amide bonds. The molecule has 0 atom stereocenters. The van der Waals surface area contributed by atoms with Crippen LogP contribution in [-0.2, 0) is 4.79 Å². The molecule has 4 nitrogen and oxygen atoms in total. The summed E-state index contributed by atoms with van der Waals surface area (Å²) in [7, 11) is 0. The highest BCUT2D eigenvalue weighted by atomic mass is 16.1. The maximum Gasteiger partial charge on any atom is 0.305 e. The third-order valence-corrected chi connectivity index (χ3v) is 0.265. The molecule has 0 aliphatic heterocycles. The van der Waals surface area contributed by atoms with Gasteiger partial charge in [0.05, 0.1) is 0 Å². The van der Waals surface area contributed by atoms with Crippen LogP contribution in [0, 0.1) is 0 Å². The lowest BCUT2D eigenvalue weighted by Crippen LogP contribution is -2.05. The number of hydrogen-bond donors (Lipinski definition) is 1. The fraction of sp³-hybridized carbons (Fsp3) is 0. The van der Waals surface area contributed by atoms with Crippen molar-refractivity contribution in [3.63, 3.8) is 0 Å². The normalized spacial score (nSPS) is 5.71. The number of carbonyl (C=O) groups is 1. The van der Waals surface area contributed by atoms with Crippen molar-refractivity contribution in [3.05, 3.63) is 11.6 Å². The van der Waals surface area contributed by atoms with Gasteiger partial charge in [0.15, 0.2) is 0 Å². The standard InChI is InChI=1S/C3H3N3O/c4-3(7)1-2-6-5/h1H,(H2,4,7). The number of amides is 1. The van der Waals surface area contributed by atoms with Crippen LogP contribution in [0.25, 0.3) is 5.53 Å². The average molecular weight is 97.1 g/mol. The third-order valence-electron chi connectivity index (χ3n) is 0.265. The first-order valence-corrected chi connectivity index (χ1v) is 1.49. The van der Waals surface area contributed by atoms with E-state index in [4.69, 9.17) is 5.53 Å². The maximum atomic E-state index is 9.69. The number of hydrogen-bond acceptors (Lipinski definition) is 1. The van der Waals surface area contributed by atoms with E-state index < -0.39 is 5.91 Å². The monoisotopic (exact) mass is 97.0 g/mol. The van der Waals surface area contributed by atoms with Gasteiger partial charge >= 0.3 is 5.87 Å². The highest BCUT2D eigenvalue weighted by Crippen LogP contribution is 1.48. The minimum absolute atomic E-state index is 0.683. The number of carbonyl (C=O) groups excluding carboxylic acids is 1. The summed E-state index contributed by atoms with van der Waals surface area (Å²) in [6.45, 7) is 0. The first-order chi connectivity index (χ1) is 3.27. The second-order valence-electron chi connectivity index (χ2n) is 0.776. The zero-order valence-electron chi connectivity index (χ0n) is 3.46. The van der Waals surface area contributed by atoms with Gasteiger partial charge in [0.1, 0.15) is 6.08 Å². The Hall–Kier alpha value is -1.37. The highest BCUT2D eigenvalue weighted by molar-refractivity contribution is 5.92. The van der Waals surface area contributed by atoms with Crippen LogP contribution in [0.15, 0.2) is 6.08 Å². The predicted molar refractivity (Wildman–Crippen MR) is 22.4 cm³/mol. The van der Waals surface area contributed by atoms with E-state index in [1.807, 2.05) is 5.87 Å². The lowest BCUT2D eigenvalue weighted by Gasteiger charge is -1.62. The van der Waals surface area contributed by atoms with Crippen molar-refractivity contribution in [1.82, 2.24) is 0 Å². The zero-order chi connectivity index (χ0) is 5.70. The molecule has 0 aromatic rings. The molecule has 0 aliphatic carbocycles. The molecule has 7 heavy (non-hydrogen) atoms. The Morgan fingerprint density at radius 1 is 2.00 bits per heavy atom. The molecule has 36 valence electrons. The summed E-state index contributed by atoms with van der Waals surface area (Å²) in [5, 5.41) is 0. The number of primary amides is 1. The van der Waals surface area contributed by atoms with Gasteiger partial charge in [-0.25, -0.2) is 0 Å². The largest absolute Gasteiger partial charge is 0.365 e. The van der Waals surface area contributed by atoms with Crippen LogP contribution in [0.5, 0.6) is 0 Å². The third kappa shape index (κ3) is 4.63. The molecule has 0 saturated heterocycles. The number of rotatable bonds is 1. The van der Waals surface area contributed by atoms with E-state index in [9.17, 15) is 4.79 Å². The fourth-order valence-electron chi connectivity index (χ4n) is 0.0925. The van der Waals surface area contributed by atoms with Crippen LogP contribution in [0.1, 0.15) is 0 Å². The van der Waals surface area contributed by atoms with E-state index in [0.29, 0.717) is 0 Å². The molecule has 0 spiro atoms. The summed E-state index contributed by atoms with van der Waals surface area (Å²) in [6, 6.07) is 0. The van der Waals surface area contributed by atoms with Crippen molar-refractivity contribution in [1.29, 1.82) is 0 Å². The van der Waals surface area contributed by atoms with E-state index in [0.717, 1.165) is 6.08 Å². The first-order valence-electron chi connectivity index (χ1n) is 1.49. The Kier molecular flexibility index (Phi) is 2.29. The minimum Gasteiger partial charge on any atom is -0.365 e. The van der Waals surface area contributed by atoms with Gasteiger partial charge < -0.3 is 11.3 Å². The van der Waals surface area contributed by atoms with Gasteiger partial charge in [-0.15, -0.1) is 4.79 Å². The number of nitrogens with two attached hydrogens (primary N) is 1. The van der Waals surface area contributed by atoms with Crippen LogP contribution < -0.4 is 5.73 Å². The van der Waals surface area contributed by atoms with Gasteiger partial charge in [-0.05, 0) is 0 Å². The topological polar surface area (TPSA) is 79.5 Å². The maximum absolute atomic E-state index is 9.69. The van der Waals surface area contributed by atoms with Gasteiger partial charge in [-0.2, -0.15) is 0 Å². The zero-order valence-corrected chi connectivity index (χ0v) is 3.46. The quantitative estimate of drug-likeness (QED) is 0.192. The van der Waals surface area contributed by atoms with Crippen LogP contribution >= 0.6 is 0 Å². The summed E-state index contributed by atoms with van der Waals surface area (Å²) in [4.78, 5) is 12.1. The summed E-state index contributed by atoms with van der Waals surface area (Å²) >= 11 is 0. The van der Waals surface area contributed by atoms with Gasteiger partial charge in [0.2, 0.25) is 0 Å². The molecule has 0 aromatic carbocycles. The Balaban J connectivity index is 3.96. The van der Waals surface area contributed by atoms with Crippen LogP contribution in [0.2, 0.25) is 0 Å². The van der Waals surface area contributed by atoms with Gasteiger partial charge in [0, 0.05) is 0 Å². The molecular weight excluding hydrogens is 94.1 g/mol. The SMILES string of the molecule is [N-]=[N+]=C=CC(N)=O. The molecule has 0 aliphatic rings. The Morgan fingerprint density at radius 3 is 2.71 bits per heavy atom. The molecule has 0 saturated carbocycles. The summed E-state index contributed by atoms with van der Waals surface area (Å²) in [5.41, 5.74) is 12.1. The van der Waals surface area contributed by atoms with E-state index in [-0.39, 0.29) is 0 Å². The number of nitrogens with zero attached hydrogens (tertiary/aromatic N) is 2. The van der Waals surface area contributed by atoms with Gasteiger partial charge in [-0.1, -0.05) is 0 Å². The summed E-state index contributed by atoms with van der Waals surface area (Å²) in [6.07, 6.45) is 0.819. The molecule has 4 heteroatoms. The van der Waals surface area contributed by atoms with Crippen molar-refractivity contribution in [2.75, 3.05) is 0 Å². The molecule has 0 unspecified atom stereocenters. The second kappa shape index (κ2) is 2.85. The molecule has 0 rings (SSSR count). The summed E-state index contributed by atoms with van der Waals surface area (Å²) < 4.78 is 0. The lowest BCUT2D eigenvalue weighted by molar-refractivity contribution is -0.113. The molecule has 0 aromatic heterocycles. The van der Waals surface area contributed by atoms with E-state index in [1.54, 1.807) is 0 Å². The highest BCUT2D eigenvalue weighted by Gasteiger charge is 1.78. The van der Waals surface area contributed by atoms with Crippen LogP contribution in [0.3, 0.4) is 0 Å². The van der Waals surface area contributed by atoms with Crippen molar-refractivity contribution in [3.8, 4) is 0 Å². The second-order valence-corrected chi connectivity index (χ2v) is 0.776. The molecule has 2 N–H and O–H groups in total. The molecule has 0 radical (unpaired) electrons. The van der Waals surface area contributed by atoms with E-state index >= 15 is 0 Å². The average Bonchev–Trinajstić information content (AvgIpc) is 1.61. The molecule has 0 heterocycles. The van der Waals surface area contributed by atoms with Crippen LogP contribution in [0.4, 0.5) is 0 Å². The van der Waals surface area contributed by atoms with Crippen molar-refractivity contribution in [2.24, 2.45) is 5.73 Å². The Labute approximate surface area is 39.9 Å². The molecule has 0 fully saturated rings. The van der Waals surface area contributed by atoms with Crippen molar-refractivity contribution >= 4 is 11.8 Å².